The van der Waals surface area contributed by atoms with E-state index in [0.29, 0.717) is 53.4 Å². The minimum Gasteiger partial charge on any atom is -0.457 e. The minimum absolute atomic E-state index is 0.0672. The number of hydrogen-bond acceptors (Lipinski definition) is 6. The molecule has 0 spiro atoms. The van der Waals surface area contributed by atoms with Crippen LogP contribution in [0.1, 0.15) is 15.4 Å². The second kappa shape index (κ2) is 12.7. The molecule has 4 aromatic rings. The van der Waals surface area contributed by atoms with E-state index < -0.39 is 5.91 Å². The van der Waals surface area contributed by atoms with Crippen LogP contribution in [0.2, 0.25) is 10.0 Å². The number of anilines is 2. The summed E-state index contributed by atoms with van der Waals surface area (Å²) in [4.78, 5) is 29.7. The van der Waals surface area contributed by atoms with Crippen molar-refractivity contribution in [3.63, 3.8) is 0 Å². The van der Waals surface area contributed by atoms with Gasteiger partial charge in [-0.05, 0) is 84.3 Å². The molecule has 7 nitrogen and oxygen atoms in total. The molecule has 0 bridgehead atoms. The number of thiophene rings is 1. The summed E-state index contributed by atoms with van der Waals surface area (Å²) in [7, 11) is 0. The average Bonchev–Trinajstić information content (AvgIpc) is 3.65. The van der Waals surface area contributed by atoms with Crippen LogP contribution in [0.15, 0.2) is 82.6 Å². The third-order valence-electron chi connectivity index (χ3n) is 6.24. The molecule has 0 saturated carbocycles. The van der Waals surface area contributed by atoms with Crippen molar-refractivity contribution in [1.82, 2.24) is 10.2 Å². The van der Waals surface area contributed by atoms with E-state index in [2.05, 4.69) is 15.5 Å². The Morgan fingerprint density at radius 1 is 0.975 bits per heavy atom. The van der Waals surface area contributed by atoms with Crippen molar-refractivity contribution in [2.24, 2.45) is 0 Å². The number of nitrogens with zero attached hydrogens (tertiary/aromatic N) is 2. The van der Waals surface area contributed by atoms with E-state index in [0.717, 1.165) is 16.1 Å². The number of piperazine rings is 1. The maximum Gasteiger partial charge on any atom is 0.264 e. The number of furan rings is 1. The lowest BCUT2D eigenvalue weighted by atomic mass is 10.2. The number of halogens is 2. The molecule has 1 fully saturated rings. The van der Waals surface area contributed by atoms with Crippen LogP contribution in [0.3, 0.4) is 0 Å². The summed E-state index contributed by atoms with van der Waals surface area (Å²) in [5.74, 6) is 0.859. The predicted octanol–water partition coefficient (Wildman–Crippen LogP) is 6.80. The molecule has 1 aliphatic rings. The van der Waals surface area contributed by atoms with E-state index in [-0.39, 0.29) is 11.0 Å². The first-order valence-corrected chi connectivity index (χ1v) is 14.4. The van der Waals surface area contributed by atoms with Crippen molar-refractivity contribution in [3.8, 4) is 11.3 Å². The summed E-state index contributed by atoms with van der Waals surface area (Å²) >= 11 is 19.3. The summed E-state index contributed by atoms with van der Waals surface area (Å²) in [6.45, 7) is 2.61. The largest absolute Gasteiger partial charge is 0.457 e. The van der Waals surface area contributed by atoms with Gasteiger partial charge in [0, 0.05) is 48.5 Å². The van der Waals surface area contributed by atoms with Gasteiger partial charge in [0.15, 0.2) is 5.11 Å². The molecule has 2 N–H and O–H groups in total. The maximum absolute atomic E-state index is 12.6. The number of hydrogen-bond donors (Lipinski definition) is 2. The molecule has 5 rings (SSSR count). The summed E-state index contributed by atoms with van der Waals surface area (Å²) < 4.78 is 5.77. The van der Waals surface area contributed by atoms with Crippen molar-refractivity contribution in [1.29, 1.82) is 0 Å². The Balaban J connectivity index is 1.11. The van der Waals surface area contributed by atoms with Gasteiger partial charge in [0.05, 0.1) is 15.6 Å². The Labute approximate surface area is 251 Å². The van der Waals surface area contributed by atoms with Crippen LogP contribution < -0.4 is 15.5 Å². The zero-order valence-electron chi connectivity index (χ0n) is 21.1. The van der Waals surface area contributed by atoms with E-state index in [4.69, 9.17) is 39.8 Å². The van der Waals surface area contributed by atoms with Gasteiger partial charge >= 0.3 is 0 Å². The number of amides is 2. The highest BCUT2D eigenvalue weighted by molar-refractivity contribution is 7.80. The SMILES string of the molecule is O=C(/C=C/c1ccc(-c2ccc(Cl)cc2)o1)NC(=S)Nc1ccc(N2CCN(C(=O)c3cccs3)CC2)c(Cl)c1. The summed E-state index contributed by atoms with van der Waals surface area (Å²) in [6.07, 6.45) is 2.91. The Morgan fingerprint density at radius 3 is 2.45 bits per heavy atom. The van der Waals surface area contributed by atoms with E-state index in [1.54, 1.807) is 30.3 Å². The first-order chi connectivity index (χ1) is 19.4. The topological polar surface area (TPSA) is 77.8 Å². The quantitative estimate of drug-likeness (QED) is 0.185. The fourth-order valence-electron chi connectivity index (χ4n) is 4.23. The first-order valence-electron chi connectivity index (χ1n) is 12.4. The van der Waals surface area contributed by atoms with Crippen molar-refractivity contribution in [2.75, 3.05) is 36.4 Å². The first kappa shape index (κ1) is 27.9. The molecule has 1 aliphatic heterocycles. The van der Waals surface area contributed by atoms with Crippen molar-refractivity contribution in [2.45, 2.75) is 0 Å². The van der Waals surface area contributed by atoms with Crippen LogP contribution in [-0.4, -0.2) is 48.0 Å². The normalized spacial score (nSPS) is 13.4. The second-order valence-corrected chi connectivity index (χ2v) is 11.1. The molecular formula is C29H24Cl2N4O3S2. The number of nitrogens with one attached hydrogen (secondary N) is 2. The molecular weight excluding hydrogens is 587 g/mol. The fourth-order valence-corrected chi connectivity index (χ4v) is 5.57. The Morgan fingerprint density at radius 2 is 1.75 bits per heavy atom. The second-order valence-electron chi connectivity index (χ2n) is 8.91. The summed E-state index contributed by atoms with van der Waals surface area (Å²) in [5, 5.41) is 8.84. The number of benzene rings is 2. The maximum atomic E-state index is 12.6. The Hall–Kier alpha value is -3.63. The number of thiocarbonyl (C=S) groups is 1. The Bertz CT molecular complexity index is 1540. The van der Waals surface area contributed by atoms with Crippen LogP contribution in [-0.2, 0) is 4.79 Å². The van der Waals surface area contributed by atoms with Gasteiger partial charge in [0.25, 0.3) is 5.91 Å². The van der Waals surface area contributed by atoms with Crippen molar-refractivity contribution >= 4 is 81.1 Å². The minimum atomic E-state index is -0.403. The zero-order valence-corrected chi connectivity index (χ0v) is 24.2. The van der Waals surface area contributed by atoms with Gasteiger partial charge in [-0.25, -0.2) is 0 Å². The highest BCUT2D eigenvalue weighted by Crippen LogP contribution is 2.30. The van der Waals surface area contributed by atoms with Crippen LogP contribution in [0.25, 0.3) is 17.4 Å². The van der Waals surface area contributed by atoms with Gasteiger partial charge < -0.3 is 19.5 Å². The lowest BCUT2D eigenvalue weighted by Crippen LogP contribution is -2.48. The van der Waals surface area contributed by atoms with E-state index in [1.807, 2.05) is 52.7 Å². The van der Waals surface area contributed by atoms with Gasteiger partial charge in [-0.3, -0.25) is 14.9 Å². The van der Waals surface area contributed by atoms with E-state index >= 15 is 0 Å². The number of carbonyl (C=O) groups excluding carboxylic acids is 2. The van der Waals surface area contributed by atoms with Gasteiger partial charge in [0.2, 0.25) is 5.91 Å². The molecule has 11 heteroatoms. The van der Waals surface area contributed by atoms with Crippen LogP contribution in [0, 0.1) is 0 Å². The van der Waals surface area contributed by atoms with Crippen molar-refractivity contribution < 1.29 is 14.0 Å². The molecule has 2 amide bonds. The van der Waals surface area contributed by atoms with Crippen LogP contribution >= 0.6 is 46.8 Å². The monoisotopic (exact) mass is 610 g/mol. The van der Waals surface area contributed by atoms with Gasteiger partial charge in [0.1, 0.15) is 11.5 Å². The van der Waals surface area contributed by atoms with Crippen LogP contribution in [0.4, 0.5) is 11.4 Å². The van der Waals surface area contributed by atoms with Crippen LogP contribution in [0.5, 0.6) is 0 Å². The molecule has 0 radical (unpaired) electrons. The fraction of sp³-hybridized carbons (Fsp3) is 0.138. The highest BCUT2D eigenvalue weighted by atomic mass is 35.5. The number of rotatable bonds is 6. The molecule has 0 atom stereocenters. The molecule has 0 aliphatic carbocycles. The van der Waals surface area contributed by atoms with Gasteiger partial charge in [-0.15, -0.1) is 11.3 Å². The molecule has 1 saturated heterocycles. The standard InChI is InChI=1S/C29H24Cl2N4O3S2/c30-20-5-3-19(4-6-20)25-11-8-22(38-25)9-12-27(36)33-29(39)32-21-7-10-24(23(31)18-21)34-13-15-35(16-14-34)28(37)26-2-1-17-40-26/h1-12,17-18H,13-16H2,(H2,32,33,36,39)/b12-9+. The van der Waals surface area contributed by atoms with Crippen molar-refractivity contribution in [3.05, 3.63) is 98.9 Å². The third kappa shape index (κ3) is 6.92. The molecule has 40 heavy (non-hydrogen) atoms. The molecule has 0 unspecified atom stereocenters. The predicted molar refractivity (Wildman–Crippen MR) is 166 cm³/mol. The average molecular weight is 612 g/mol. The van der Waals surface area contributed by atoms with E-state index in [1.165, 1.54) is 17.4 Å². The highest BCUT2D eigenvalue weighted by Gasteiger charge is 2.24. The zero-order chi connectivity index (χ0) is 28.1. The third-order valence-corrected chi connectivity index (χ3v) is 7.85. The molecule has 3 heterocycles. The Kier molecular flexibility index (Phi) is 8.86. The number of carbonyl (C=O) groups is 2. The molecule has 204 valence electrons. The molecule has 2 aromatic heterocycles. The molecule has 2 aromatic carbocycles. The van der Waals surface area contributed by atoms with Gasteiger partial charge in [-0.1, -0.05) is 29.3 Å². The lowest BCUT2D eigenvalue weighted by Gasteiger charge is -2.36. The lowest BCUT2D eigenvalue weighted by molar-refractivity contribution is -0.115. The van der Waals surface area contributed by atoms with E-state index in [9.17, 15) is 9.59 Å². The smallest absolute Gasteiger partial charge is 0.264 e. The summed E-state index contributed by atoms with van der Waals surface area (Å²) in [5.41, 5.74) is 2.41. The van der Waals surface area contributed by atoms with Gasteiger partial charge in [-0.2, -0.15) is 0 Å². The summed E-state index contributed by atoms with van der Waals surface area (Å²) in [6, 6.07) is 20.1.